The van der Waals surface area contributed by atoms with Gasteiger partial charge in [0.15, 0.2) is 11.0 Å². The topological polar surface area (TPSA) is 112 Å². The lowest BCUT2D eigenvalue weighted by Crippen LogP contribution is -2.20. The Balaban J connectivity index is 1.47. The molecule has 4 heterocycles. The van der Waals surface area contributed by atoms with Crippen molar-refractivity contribution in [1.82, 2.24) is 25.3 Å². The van der Waals surface area contributed by atoms with E-state index >= 15 is 0 Å². The molecule has 1 aliphatic heterocycles. The number of allylic oxidation sites excluding steroid dienone is 1. The van der Waals surface area contributed by atoms with Crippen LogP contribution in [0.15, 0.2) is 63.8 Å². The van der Waals surface area contributed by atoms with Crippen LogP contribution in [-0.4, -0.2) is 45.6 Å². The van der Waals surface area contributed by atoms with Gasteiger partial charge in [-0.15, -0.1) is 11.3 Å². The van der Waals surface area contributed by atoms with E-state index in [2.05, 4.69) is 64.0 Å². The molecule has 0 atom stereocenters. The summed E-state index contributed by atoms with van der Waals surface area (Å²) >= 11 is 1.53. The Morgan fingerprint density at radius 2 is 2.15 bits per heavy atom. The van der Waals surface area contributed by atoms with Crippen molar-refractivity contribution in [3.63, 3.8) is 0 Å². The number of hydrogen-bond acceptors (Lipinski definition) is 9. The lowest BCUT2D eigenvalue weighted by atomic mass is 10.1. The largest absolute Gasteiger partial charge is 0.325 e. The zero-order valence-corrected chi connectivity index (χ0v) is 19.4. The first-order chi connectivity index (χ1) is 16.1. The molecule has 0 saturated heterocycles. The van der Waals surface area contributed by atoms with E-state index in [1.807, 2.05) is 38.1 Å². The fraction of sp³-hybridized carbons (Fsp3) is 0.217. The molecule has 3 N–H and O–H groups in total. The average molecular weight is 460 g/mol. The van der Waals surface area contributed by atoms with Crippen LogP contribution in [0.1, 0.15) is 30.4 Å². The Kier molecular flexibility index (Phi) is 7.28. The number of aryl methyl sites for hydroxylation is 1. The lowest BCUT2D eigenvalue weighted by Gasteiger charge is -2.11. The van der Waals surface area contributed by atoms with Crippen LogP contribution in [0.3, 0.4) is 0 Å². The second-order valence-corrected chi connectivity index (χ2v) is 8.03. The third kappa shape index (κ3) is 5.93. The minimum atomic E-state index is 0.425. The predicted molar refractivity (Wildman–Crippen MR) is 135 cm³/mol. The molecular weight excluding hydrogens is 434 g/mol. The standard InChI is InChI=1S/C23H25N9S/c1-4-19(30-21(24-3)17-7-5-6-15(2)27-17)29-20-10-13-26-22(31-20)32-23-28-18(14-33-23)16-8-11-25-12-9-16/h4-8,10,13-14,25H,3,9,11-12H2,1-2H3,(H2,26,28,29,31,32)/b19-4-,30-21?. The highest BCUT2D eigenvalue weighted by Crippen LogP contribution is 2.26. The van der Waals surface area contributed by atoms with Gasteiger partial charge in [-0.2, -0.15) is 4.98 Å². The fourth-order valence-electron chi connectivity index (χ4n) is 3.17. The van der Waals surface area contributed by atoms with Gasteiger partial charge < -0.3 is 10.6 Å². The number of thiazole rings is 1. The second kappa shape index (κ2) is 10.7. The van der Waals surface area contributed by atoms with Crippen molar-refractivity contribution >= 4 is 46.4 Å². The van der Waals surface area contributed by atoms with Crippen LogP contribution in [0.2, 0.25) is 0 Å². The molecule has 0 radical (unpaired) electrons. The van der Waals surface area contributed by atoms with E-state index < -0.39 is 0 Å². The quantitative estimate of drug-likeness (QED) is 0.359. The molecular formula is C23H25N9S. The summed E-state index contributed by atoms with van der Waals surface area (Å²) in [4.78, 5) is 26.6. The third-order valence-electron chi connectivity index (χ3n) is 4.79. The van der Waals surface area contributed by atoms with Crippen LogP contribution >= 0.6 is 11.3 Å². The number of aromatic nitrogens is 4. The highest BCUT2D eigenvalue weighted by molar-refractivity contribution is 7.13. The average Bonchev–Trinajstić information content (AvgIpc) is 3.31. The number of nitrogens with one attached hydrogen (secondary N) is 3. The Bertz CT molecular complexity index is 1230. The smallest absolute Gasteiger partial charge is 0.230 e. The van der Waals surface area contributed by atoms with E-state index in [0.29, 0.717) is 29.1 Å². The Morgan fingerprint density at radius 1 is 1.24 bits per heavy atom. The first-order valence-electron chi connectivity index (χ1n) is 10.5. The Hall–Kier alpha value is -3.76. The van der Waals surface area contributed by atoms with Crippen LogP contribution in [0.5, 0.6) is 0 Å². The van der Waals surface area contributed by atoms with Crippen LogP contribution in [0.4, 0.5) is 16.9 Å². The summed E-state index contributed by atoms with van der Waals surface area (Å²) in [5.41, 5.74) is 3.80. The molecule has 0 fully saturated rings. The molecule has 9 nitrogen and oxygen atoms in total. The lowest BCUT2D eigenvalue weighted by molar-refractivity contribution is 0.737. The molecule has 33 heavy (non-hydrogen) atoms. The SMILES string of the molecule is C=NC(=N/C(=C\C)Nc1ccnc(Nc2nc(C3=CCNCC3)cs2)n1)c1cccc(C)n1. The maximum Gasteiger partial charge on any atom is 0.230 e. The first kappa shape index (κ1) is 22.4. The number of amidine groups is 1. The summed E-state index contributed by atoms with van der Waals surface area (Å²) in [6, 6.07) is 7.45. The minimum Gasteiger partial charge on any atom is -0.325 e. The van der Waals surface area contributed by atoms with Gasteiger partial charge in [0.25, 0.3) is 0 Å². The Morgan fingerprint density at radius 3 is 2.91 bits per heavy atom. The molecule has 0 bridgehead atoms. The summed E-state index contributed by atoms with van der Waals surface area (Å²) in [5.74, 6) is 2.03. The zero-order chi connectivity index (χ0) is 23.0. The molecule has 168 valence electrons. The molecule has 0 aliphatic carbocycles. The third-order valence-corrected chi connectivity index (χ3v) is 5.55. The molecule has 1 aliphatic rings. The van der Waals surface area contributed by atoms with Crippen molar-refractivity contribution < 1.29 is 0 Å². The highest BCUT2D eigenvalue weighted by Gasteiger charge is 2.11. The summed E-state index contributed by atoms with van der Waals surface area (Å²) in [7, 11) is 0. The van der Waals surface area contributed by atoms with E-state index in [-0.39, 0.29) is 0 Å². The van der Waals surface area contributed by atoms with Crippen molar-refractivity contribution in [2.75, 3.05) is 23.7 Å². The number of anilines is 3. The van der Waals surface area contributed by atoms with Crippen LogP contribution in [0, 0.1) is 6.92 Å². The van der Waals surface area contributed by atoms with E-state index in [1.54, 1.807) is 12.3 Å². The normalized spacial score (nSPS) is 14.5. The van der Waals surface area contributed by atoms with Crippen LogP contribution < -0.4 is 16.0 Å². The molecule has 0 amide bonds. The van der Waals surface area contributed by atoms with Gasteiger partial charge in [0.1, 0.15) is 17.3 Å². The van der Waals surface area contributed by atoms with E-state index in [1.165, 1.54) is 16.9 Å². The molecule has 3 aromatic heterocycles. The maximum absolute atomic E-state index is 4.68. The summed E-state index contributed by atoms with van der Waals surface area (Å²) < 4.78 is 0. The second-order valence-electron chi connectivity index (χ2n) is 7.17. The summed E-state index contributed by atoms with van der Waals surface area (Å²) in [6.45, 7) is 9.29. The zero-order valence-electron chi connectivity index (χ0n) is 18.5. The van der Waals surface area contributed by atoms with Crippen LogP contribution in [0.25, 0.3) is 5.57 Å². The maximum atomic E-state index is 4.68. The number of nitrogens with zero attached hydrogens (tertiary/aromatic N) is 6. The van der Waals surface area contributed by atoms with Gasteiger partial charge >= 0.3 is 0 Å². The van der Waals surface area contributed by atoms with Crippen molar-refractivity contribution in [2.45, 2.75) is 20.3 Å². The van der Waals surface area contributed by atoms with Crippen molar-refractivity contribution in [3.8, 4) is 0 Å². The molecule has 0 saturated carbocycles. The van der Waals surface area contributed by atoms with Crippen molar-refractivity contribution in [3.05, 3.63) is 70.9 Å². The van der Waals surface area contributed by atoms with Gasteiger partial charge in [-0.25, -0.2) is 24.9 Å². The highest BCUT2D eigenvalue weighted by atomic mass is 32.1. The van der Waals surface area contributed by atoms with E-state index in [0.717, 1.165) is 36.0 Å². The van der Waals surface area contributed by atoms with Gasteiger partial charge in [0.05, 0.1) is 5.69 Å². The van der Waals surface area contributed by atoms with Gasteiger partial charge in [-0.3, -0.25) is 5.32 Å². The summed E-state index contributed by atoms with van der Waals surface area (Å²) in [5, 5.41) is 12.5. The number of rotatable bonds is 7. The number of aliphatic imine (C=N–C) groups is 2. The minimum absolute atomic E-state index is 0.425. The van der Waals surface area contributed by atoms with Crippen molar-refractivity contribution in [1.29, 1.82) is 0 Å². The van der Waals surface area contributed by atoms with Gasteiger partial charge in [-0.05, 0) is 63.4 Å². The molecule has 10 heteroatoms. The Labute approximate surface area is 196 Å². The molecule has 0 unspecified atom stereocenters. The number of pyridine rings is 1. The molecule has 0 spiro atoms. The molecule has 4 rings (SSSR count). The molecule has 3 aromatic rings. The first-order valence-corrected chi connectivity index (χ1v) is 11.4. The van der Waals surface area contributed by atoms with Gasteiger partial charge in [0.2, 0.25) is 5.95 Å². The monoisotopic (exact) mass is 459 g/mol. The van der Waals surface area contributed by atoms with Gasteiger partial charge in [-0.1, -0.05) is 12.1 Å². The molecule has 0 aromatic carbocycles. The fourth-order valence-corrected chi connectivity index (χ4v) is 3.90. The van der Waals surface area contributed by atoms with Crippen LogP contribution in [-0.2, 0) is 0 Å². The van der Waals surface area contributed by atoms with E-state index in [9.17, 15) is 0 Å². The number of hydrogen-bond donors (Lipinski definition) is 3. The van der Waals surface area contributed by atoms with Gasteiger partial charge in [0, 0.05) is 23.8 Å². The summed E-state index contributed by atoms with van der Waals surface area (Å²) in [6.07, 6.45) is 6.66. The van der Waals surface area contributed by atoms with Crippen molar-refractivity contribution in [2.24, 2.45) is 9.98 Å². The van der Waals surface area contributed by atoms with E-state index in [4.69, 9.17) is 0 Å². The predicted octanol–water partition coefficient (Wildman–Crippen LogP) is 4.18.